The Bertz CT molecular complexity index is 870. The number of aromatic nitrogens is 1. The van der Waals surface area contributed by atoms with E-state index in [-0.39, 0.29) is 4.90 Å². The quantitative estimate of drug-likeness (QED) is 0.659. The van der Waals surface area contributed by atoms with Gasteiger partial charge < -0.3 is 9.47 Å². The van der Waals surface area contributed by atoms with E-state index in [0.29, 0.717) is 19.0 Å². The van der Waals surface area contributed by atoms with E-state index < -0.39 is 10.0 Å². The molecule has 2 aromatic rings. The van der Waals surface area contributed by atoms with Gasteiger partial charge in [0.2, 0.25) is 10.0 Å². The Kier molecular flexibility index (Phi) is 5.57. The molecule has 0 radical (unpaired) electrons. The van der Waals surface area contributed by atoms with Gasteiger partial charge in [-0.2, -0.15) is 0 Å². The number of pyridine rings is 1. The van der Waals surface area contributed by atoms with E-state index in [9.17, 15) is 8.42 Å². The Balaban J connectivity index is 1.72. The number of rotatable bonds is 5. The van der Waals surface area contributed by atoms with Crippen molar-refractivity contribution in [3.8, 4) is 11.5 Å². The highest BCUT2D eigenvalue weighted by Gasteiger charge is 2.18. The number of fused-ring (bicyclic) bond motifs is 1. The van der Waals surface area contributed by atoms with Crippen molar-refractivity contribution >= 4 is 37.7 Å². The molecule has 1 aliphatic rings. The van der Waals surface area contributed by atoms with Gasteiger partial charge in [0.1, 0.15) is 18.1 Å². The lowest BCUT2D eigenvalue weighted by Crippen LogP contribution is -2.22. The van der Waals surface area contributed by atoms with Crippen LogP contribution >= 0.6 is 27.7 Å². The van der Waals surface area contributed by atoms with Crippen molar-refractivity contribution in [3.05, 3.63) is 40.5 Å². The van der Waals surface area contributed by atoms with Crippen molar-refractivity contribution in [1.29, 1.82) is 0 Å². The molecule has 0 atom stereocenters. The van der Waals surface area contributed by atoms with Gasteiger partial charge in [0.05, 0.1) is 5.03 Å². The maximum atomic E-state index is 12.1. The average molecular weight is 445 g/mol. The van der Waals surface area contributed by atoms with Crippen LogP contribution in [-0.4, -0.2) is 45.0 Å². The predicted octanol–water partition coefficient (Wildman–Crippen LogP) is 3.16. The lowest BCUT2D eigenvalue weighted by atomic mass is 10.2. The van der Waals surface area contributed by atoms with E-state index >= 15 is 0 Å². The molecule has 9 heteroatoms. The zero-order valence-electron chi connectivity index (χ0n) is 13.7. The number of thioether (sulfide) groups is 1. The third-order valence-electron chi connectivity index (χ3n) is 3.57. The molecule has 1 aromatic heterocycles. The smallest absolute Gasteiger partial charge is 0.244 e. The van der Waals surface area contributed by atoms with Crippen molar-refractivity contribution in [2.45, 2.75) is 15.7 Å². The summed E-state index contributed by atoms with van der Waals surface area (Å²) in [5.41, 5.74) is 1.06. The number of sulfonamides is 1. The molecule has 0 saturated carbocycles. The van der Waals surface area contributed by atoms with Crippen molar-refractivity contribution in [3.63, 3.8) is 0 Å². The van der Waals surface area contributed by atoms with Crippen LogP contribution < -0.4 is 9.47 Å². The average Bonchev–Trinajstić information content (AvgIpc) is 2.60. The fraction of sp³-hybridized carbons (Fsp3) is 0.312. The molecule has 1 aromatic carbocycles. The van der Waals surface area contributed by atoms with Crippen molar-refractivity contribution in [2.24, 2.45) is 0 Å². The second-order valence-electron chi connectivity index (χ2n) is 5.50. The highest BCUT2D eigenvalue weighted by atomic mass is 79.9. The first-order valence-corrected chi connectivity index (χ1v) is 10.7. The fourth-order valence-electron chi connectivity index (χ4n) is 2.18. The molecule has 3 rings (SSSR count). The zero-order valence-corrected chi connectivity index (χ0v) is 16.9. The second kappa shape index (κ2) is 7.53. The lowest BCUT2D eigenvalue weighted by molar-refractivity contribution is 0.171. The predicted molar refractivity (Wildman–Crippen MR) is 99.8 cm³/mol. The Hall–Kier alpha value is -1.29. The van der Waals surface area contributed by atoms with Gasteiger partial charge in [-0.3, -0.25) is 0 Å². The van der Waals surface area contributed by atoms with Crippen LogP contribution in [0.15, 0.2) is 44.9 Å². The van der Waals surface area contributed by atoms with Gasteiger partial charge in [0.15, 0.2) is 11.5 Å². The molecule has 0 unspecified atom stereocenters. The van der Waals surface area contributed by atoms with Crippen LogP contribution in [0.3, 0.4) is 0 Å². The fourth-order valence-corrected chi connectivity index (χ4v) is 4.51. The van der Waals surface area contributed by atoms with Crippen LogP contribution in [0.25, 0.3) is 0 Å². The molecule has 134 valence electrons. The third-order valence-corrected chi connectivity index (χ3v) is 7.10. The molecule has 1 aliphatic heterocycles. The summed E-state index contributed by atoms with van der Waals surface area (Å²) in [4.78, 5) is 4.43. The van der Waals surface area contributed by atoms with Crippen LogP contribution in [0, 0.1) is 0 Å². The first-order chi connectivity index (χ1) is 11.9. The largest absolute Gasteiger partial charge is 0.486 e. The highest BCUT2D eigenvalue weighted by molar-refractivity contribution is 9.10. The van der Waals surface area contributed by atoms with E-state index in [1.54, 1.807) is 12.1 Å². The van der Waals surface area contributed by atoms with Gasteiger partial charge in [-0.05, 0) is 29.8 Å². The molecule has 0 N–H and O–H groups in total. The minimum atomic E-state index is -3.45. The zero-order chi connectivity index (χ0) is 18.0. The van der Waals surface area contributed by atoms with Gasteiger partial charge in [-0.1, -0.05) is 15.9 Å². The Morgan fingerprint density at radius 2 is 1.88 bits per heavy atom. The molecular formula is C16H17BrN2O4S2. The van der Waals surface area contributed by atoms with Crippen LogP contribution in [0.5, 0.6) is 11.5 Å². The summed E-state index contributed by atoms with van der Waals surface area (Å²) >= 11 is 5.07. The molecule has 0 aliphatic carbocycles. The van der Waals surface area contributed by atoms with Crippen molar-refractivity contribution in [2.75, 3.05) is 27.3 Å². The summed E-state index contributed by atoms with van der Waals surface area (Å²) in [6.07, 6.45) is 1.39. The molecule has 0 saturated heterocycles. The van der Waals surface area contributed by atoms with E-state index in [0.717, 1.165) is 26.6 Å². The molecule has 0 fully saturated rings. The summed E-state index contributed by atoms with van der Waals surface area (Å²) < 4.78 is 37.4. The van der Waals surface area contributed by atoms with Gasteiger partial charge in [0, 0.05) is 30.5 Å². The van der Waals surface area contributed by atoms with Gasteiger partial charge >= 0.3 is 0 Å². The van der Waals surface area contributed by atoms with Crippen LogP contribution in [-0.2, 0) is 15.8 Å². The van der Waals surface area contributed by atoms with E-state index in [4.69, 9.17) is 9.47 Å². The second-order valence-corrected chi connectivity index (χ2v) is 9.50. The summed E-state index contributed by atoms with van der Waals surface area (Å²) in [6.45, 7) is 1.10. The van der Waals surface area contributed by atoms with Crippen LogP contribution in [0.4, 0.5) is 0 Å². The molecule has 0 amide bonds. The Morgan fingerprint density at radius 3 is 2.48 bits per heavy atom. The number of halogens is 1. The standard InChI is InChI=1S/C16H17BrN2O4S2/c1-19(2)25(20,21)12-3-4-16(18-9-12)24-10-11-7-14-15(8-13(11)17)23-6-5-22-14/h3-4,7-9H,5-6,10H2,1-2H3. The van der Waals surface area contributed by atoms with E-state index in [1.165, 1.54) is 36.4 Å². The van der Waals surface area contributed by atoms with Gasteiger partial charge in [-0.25, -0.2) is 17.7 Å². The van der Waals surface area contributed by atoms with E-state index in [1.807, 2.05) is 12.1 Å². The topological polar surface area (TPSA) is 68.7 Å². The monoisotopic (exact) mass is 444 g/mol. The summed E-state index contributed by atoms with van der Waals surface area (Å²) in [7, 11) is -0.459. The van der Waals surface area contributed by atoms with Gasteiger partial charge in [-0.15, -0.1) is 11.8 Å². The summed E-state index contributed by atoms with van der Waals surface area (Å²) in [5, 5.41) is 0.750. The Labute approximate surface area is 159 Å². The lowest BCUT2D eigenvalue weighted by Gasteiger charge is -2.19. The van der Waals surface area contributed by atoms with Crippen molar-refractivity contribution in [1.82, 2.24) is 9.29 Å². The van der Waals surface area contributed by atoms with Crippen LogP contribution in [0.2, 0.25) is 0 Å². The summed E-state index contributed by atoms with van der Waals surface area (Å²) in [6, 6.07) is 7.15. The van der Waals surface area contributed by atoms with E-state index in [2.05, 4.69) is 20.9 Å². The van der Waals surface area contributed by atoms with Crippen molar-refractivity contribution < 1.29 is 17.9 Å². The highest BCUT2D eigenvalue weighted by Crippen LogP contribution is 2.37. The SMILES string of the molecule is CN(C)S(=O)(=O)c1ccc(SCc2cc3c(cc2Br)OCCO3)nc1. The first-order valence-electron chi connectivity index (χ1n) is 7.47. The molecule has 2 heterocycles. The number of nitrogens with zero attached hydrogens (tertiary/aromatic N) is 2. The van der Waals surface area contributed by atoms with Gasteiger partial charge in [0.25, 0.3) is 0 Å². The minimum absolute atomic E-state index is 0.183. The molecule has 6 nitrogen and oxygen atoms in total. The normalized spacial score (nSPS) is 13.9. The number of benzene rings is 1. The molecule has 25 heavy (non-hydrogen) atoms. The molecule has 0 spiro atoms. The molecule has 0 bridgehead atoms. The maximum absolute atomic E-state index is 12.1. The summed E-state index contributed by atoms with van der Waals surface area (Å²) in [5.74, 6) is 2.15. The third kappa shape index (κ3) is 4.11. The maximum Gasteiger partial charge on any atom is 0.244 e. The number of hydrogen-bond acceptors (Lipinski definition) is 6. The number of hydrogen-bond donors (Lipinski definition) is 0. The Morgan fingerprint density at radius 1 is 1.20 bits per heavy atom. The van der Waals surface area contributed by atoms with Crippen LogP contribution in [0.1, 0.15) is 5.56 Å². The number of ether oxygens (including phenoxy) is 2. The minimum Gasteiger partial charge on any atom is -0.486 e. The molecular weight excluding hydrogens is 428 g/mol. The first kappa shape index (κ1) is 18.5.